The zero-order chi connectivity index (χ0) is 36.8. The molecule has 274 valence electrons. The van der Waals surface area contributed by atoms with Gasteiger partial charge in [-0.05, 0) is 38.2 Å². The van der Waals surface area contributed by atoms with Crippen LogP contribution < -0.4 is 0 Å². The van der Waals surface area contributed by atoms with Crippen LogP contribution in [0.25, 0.3) is 0 Å². The Hall–Kier alpha value is -3.36. The number of carbonyl (C=O) groups is 6. The van der Waals surface area contributed by atoms with Crippen molar-refractivity contribution in [3.8, 4) is 0 Å². The van der Waals surface area contributed by atoms with Gasteiger partial charge in [-0.3, -0.25) is 24.0 Å². The Morgan fingerprint density at radius 1 is 0.780 bits per heavy atom. The highest BCUT2D eigenvalue weighted by molar-refractivity contribution is 5.88. The third kappa shape index (κ3) is 4.24. The summed E-state index contributed by atoms with van der Waals surface area (Å²) in [5.74, 6) is -9.94. The lowest BCUT2D eigenvalue weighted by molar-refractivity contribution is -0.272. The van der Waals surface area contributed by atoms with Gasteiger partial charge in [-0.25, -0.2) is 4.79 Å². The molecule has 0 unspecified atom stereocenters. The fourth-order valence-corrected chi connectivity index (χ4v) is 12.2. The summed E-state index contributed by atoms with van der Waals surface area (Å²) >= 11 is 0. The van der Waals surface area contributed by atoms with Crippen LogP contribution in [0.2, 0.25) is 0 Å². The van der Waals surface area contributed by atoms with Crippen molar-refractivity contribution in [2.45, 2.75) is 117 Å². The zero-order valence-electron chi connectivity index (χ0n) is 29.7. The van der Waals surface area contributed by atoms with Crippen molar-refractivity contribution in [2.75, 3.05) is 0 Å². The largest absolute Gasteiger partial charge is 0.462 e. The molecule has 7 rings (SSSR count). The molecule has 6 fully saturated rings. The van der Waals surface area contributed by atoms with Gasteiger partial charge in [-0.2, -0.15) is 0 Å². The second kappa shape index (κ2) is 10.8. The molecule has 0 aromatic rings. The molecule has 0 aromatic carbocycles. The van der Waals surface area contributed by atoms with Crippen LogP contribution in [0.1, 0.15) is 68.7 Å². The Balaban J connectivity index is 1.53. The molecule has 5 aliphatic carbocycles. The van der Waals surface area contributed by atoms with Gasteiger partial charge in [0.1, 0.15) is 42.4 Å². The van der Waals surface area contributed by atoms with Crippen molar-refractivity contribution in [3.63, 3.8) is 0 Å². The van der Waals surface area contributed by atoms with Gasteiger partial charge in [-0.15, -0.1) is 0 Å². The number of carbonyl (C=O) groups excluding carboxylic acids is 6. The van der Waals surface area contributed by atoms with E-state index in [1.54, 1.807) is 26.8 Å². The number of epoxide rings is 1. The maximum atomic E-state index is 14.5. The Morgan fingerprint density at radius 2 is 1.32 bits per heavy atom. The number of esters is 5. The van der Waals surface area contributed by atoms with Crippen molar-refractivity contribution in [1.82, 2.24) is 0 Å². The standard InChI is InChI=1S/C36H46O14/c1-12-10-19-35(8,36(9,44)32(43)50-19)24-21(12)34(7)22(28(24)45-13(2)37)20-23(29(46-14(3)38)31(34)48-16(5)40)33(6)17(25(41)26(20)42)11-18-27(49-18)30(33)47-15(4)39/h10,12,17-18,20-24,26-31,42,44H,11H2,1-9H3/t12-,17-,18+,20+,21+,22-,23-,24+,26-,27+,28-,29-,30-,31-,33-,34-,35+,36-/m1/s1. The highest BCUT2D eigenvalue weighted by Crippen LogP contribution is 2.76. The molecule has 0 radical (unpaired) electrons. The number of rotatable bonds is 4. The molecule has 0 spiro atoms. The SMILES string of the molecule is CC(=O)O[C@@H]1[C@H]2[C@H]3[C@H]([C@@H](OC(C)=O)[C@@H](OC(C)=O)[C@]2(C)[C@@H]2[C@@H]1[C@]1(C)C(=C[C@H]2C)OC(=O)[C@@]1(C)O)[C@@]1(C)[C@H](C[C@@H]2O[C@@H]2[C@H]1OC(C)=O)C(=O)[C@@H]3O. The molecule has 2 saturated heterocycles. The summed E-state index contributed by atoms with van der Waals surface area (Å²) in [6.45, 7) is 13.3. The van der Waals surface area contributed by atoms with Gasteiger partial charge in [0.15, 0.2) is 11.4 Å². The van der Waals surface area contributed by atoms with Gasteiger partial charge >= 0.3 is 29.8 Å². The molecule has 7 aliphatic rings. The van der Waals surface area contributed by atoms with Gasteiger partial charge in [0.05, 0.1) is 11.5 Å². The molecule has 2 N–H and O–H groups in total. The van der Waals surface area contributed by atoms with E-state index in [1.807, 2.05) is 6.92 Å². The van der Waals surface area contributed by atoms with Crippen LogP contribution in [0.4, 0.5) is 0 Å². The molecule has 2 aliphatic heterocycles. The number of ether oxygens (including phenoxy) is 6. The van der Waals surface area contributed by atoms with Crippen LogP contribution in [0.15, 0.2) is 11.8 Å². The minimum Gasteiger partial charge on any atom is -0.462 e. The number of aliphatic hydroxyl groups is 2. The molecular formula is C36H46O14. The van der Waals surface area contributed by atoms with Crippen LogP contribution in [0, 0.1) is 57.7 Å². The summed E-state index contributed by atoms with van der Waals surface area (Å²) in [7, 11) is 0. The lowest BCUT2D eigenvalue weighted by Gasteiger charge is -2.65. The van der Waals surface area contributed by atoms with E-state index in [0.717, 1.165) is 0 Å². The minimum absolute atomic E-state index is 0.198. The van der Waals surface area contributed by atoms with E-state index < -0.39 is 142 Å². The molecule has 0 amide bonds. The molecular weight excluding hydrogens is 656 g/mol. The number of aliphatic hydroxyl groups excluding tert-OH is 1. The van der Waals surface area contributed by atoms with E-state index in [4.69, 9.17) is 28.4 Å². The van der Waals surface area contributed by atoms with Crippen molar-refractivity contribution in [3.05, 3.63) is 11.8 Å². The average Bonchev–Trinajstić information content (AvgIpc) is 3.68. The van der Waals surface area contributed by atoms with Crippen LogP contribution in [0.3, 0.4) is 0 Å². The predicted molar refractivity (Wildman–Crippen MR) is 166 cm³/mol. The predicted octanol–water partition coefficient (Wildman–Crippen LogP) is 1.41. The highest BCUT2D eigenvalue weighted by atomic mass is 16.6. The molecule has 2 heterocycles. The van der Waals surface area contributed by atoms with Gasteiger partial charge in [0.25, 0.3) is 0 Å². The Bertz CT molecular complexity index is 1620. The van der Waals surface area contributed by atoms with Crippen molar-refractivity contribution >= 4 is 35.6 Å². The Labute approximate surface area is 289 Å². The summed E-state index contributed by atoms with van der Waals surface area (Å²) in [6.07, 6.45) is -5.40. The number of fused-ring (bicyclic) bond motifs is 10. The number of hydrogen-bond acceptors (Lipinski definition) is 14. The van der Waals surface area contributed by atoms with E-state index in [9.17, 15) is 39.0 Å². The second-order valence-corrected chi connectivity index (χ2v) is 16.4. The normalized spacial score (nSPS) is 52.3. The van der Waals surface area contributed by atoms with E-state index in [0.29, 0.717) is 0 Å². The fraction of sp³-hybridized carbons (Fsp3) is 0.778. The van der Waals surface area contributed by atoms with Crippen LogP contribution in [0.5, 0.6) is 0 Å². The maximum Gasteiger partial charge on any atom is 0.343 e. The van der Waals surface area contributed by atoms with Gasteiger partial charge in [0, 0.05) is 68.1 Å². The number of ketones is 1. The third-order valence-corrected chi connectivity index (χ3v) is 14.1. The second-order valence-electron chi connectivity index (χ2n) is 16.4. The van der Waals surface area contributed by atoms with Crippen LogP contribution >= 0.6 is 0 Å². The fourth-order valence-electron chi connectivity index (χ4n) is 12.2. The first-order valence-corrected chi connectivity index (χ1v) is 17.4. The molecule has 4 saturated carbocycles. The summed E-state index contributed by atoms with van der Waals surface area (Å²) < 4.78 is 36.2. The van der Waals surface area contributed by atoms with Gasteiger partial charge < -0.3 is 38.6 Å². The lowest BCUT2D eigenvalue weighted by atomic mass is 9.41. The smallest absolute Gasteiger partial charge is 0.343 e. The van der Waals surface area contributed by atoms with E-state index in [-0.39, 0.29) is 12.2 Å². The summed E-state index contributed by atoms with van der Waals surface area (Å²) in [4.78, 5) is 79.7. The topological polar surface area (TPSA) is 202 Å². The molecule has 0 aromatic heterocycles. The van der Waals surface area contributed by atoms with Crippen LogP contribution in [-0.2, 0) is 57.2 Å². The minimum atomic E-state index is -2.10. The third-order valence-electron chi connectivity index (χ3n) is 14.1. The first kappa shape index (κ1) is 35.1. The van der Waals surface area contributed by atoms with Crippen molar-refractivity contribution in [1.29, 1.82) is 0 Å². The van der Waals surface area contributed by atoms with Crippen molar-refractivity contribution < 1.29 is 67.4 Å². The van der Waals surface area contributed by atoms with E-state index in [2.05, 4.69) is 0 Å². The quantitative estimate of drug-likeness (QED) is 0.242. The monoisotopic (exact) mass is 702 g/mol. The highest BCUT2D eigenvalue weighted by Gasteiger charge is 2.83. The maximum absolute atomic E-state index is 14.5. The molecule has 50 heavy (non-hydrogen) atoms. The Morgan fingerprint density at radius 3 is 1.90 bits per heavy atom. The molecule has 18 atom stereocenters. The van der Waals surface area contributed by atoms with Gasteiger partial charge in [0.2, 0.25) is 0 Å². The van der Waals surface area contributed by atoms with Gasteiger partial charge in [-0.1, -0.05) is 20.8 Å². The van der Waals surface area contributed by atoms with Crippen molar-refractivity contribution in [2.24, 2.45) is 57.7 Å². The summed E-state index contributed by atoms with van der Waals surface area (Å²) in [5.41, 5.74) is -6.23. The molecule has 14 heteroatoms. The molecule has 0 bridgehead atoms. The number of Topliss-reactive ketones (excluding diaryl/α,β-unsaturated/α-hetero) is 1. The first-order chi connectivity index (χ1) is 23.1. The van der Waals surface area contributed by atoms with E-state index in [1.165, 1.54) is 34.6 Å². The number of allylic oxidation sites excluding steroid dienone is 1. The first-order valence-electron chi connectivity index (χ1n) is 17.4. The van der Waals surface area contributed by atoms with Crippen LogP contribution in [-0.4, -0.2) is 94.2 Å². The lowest BCUT2D eigenvalue weighted by Crippen LogP contribution is -2.74. The average molecular weight is 703 g/mol. The summed E-state index contributed by atoms with van der Waals surface area (Å²) in [6, 6.07) is 0. The molecule has 14 nitrogen and oxygen atoms in total. The summed E-state index contributed by atoms with van der Waals surface area (Å²) in [5, 5.41) is 24.2. The Kier molecular flexibility index (Phi) is 7.59. The van der Waals surface area contributed by atoms with E-state index >= 15 is 0 Å². The number of hydrogen-bond donors (Lipinski definition) is 2. The zero-order valence-corrected chi connectivity index (χ0v) is 29.7.